The summed E-state index contributed by atoms with van der Waals surface area (Å²) >= 11 is 1.43. The van der Waals surface area contributed by atoms with Crippen LogP contribution in [0.25, 0.3) is 28.2 Å². The van der Waals surface area contributed by atoms with E-state index in [9.17, 15) is 4.79 Å². The zero-order chi connectivity index (χ0) is 22.9. The molecule has 6 heteroatoms. The molecule has 5 nitrogen and oxygen atoms in total. The molecule has 0 aliphatic carbocycles. The number of carbonyl (C=O) groups excluding carboxylic acids is 1. The second kappa shape index (κ2) is 8.64. The molecule has 3 heterocycles. The van der Waals surface area contributed by atoms with E-state index in [-0.39, 0.29) is 12.3 Å². The molecule has 2 aromatic carbocycles. The summed E-state index contributed by atoms with van der Waals surface area (Å²) in [6.07, 6.45) is 2.19. The molecule has 0 unspecified atom stereocenters. The van der Waals surface area contributed by atoms with Gasteiger partial charge in [0.2, 0.25) is 5.91 Å². The summed E-state index contributed by atoms with van der Waals surface area (Å²) in [5.41, 5.74) is 9.01. The summed E-state index contributed by atoms with van der Waals surface area (Å²) in [7, 11) is 0. The highest BCUT2D eigenvalue weighted by Crippen LogP contribution is 2.28. The first-order valence-corrected chi connectivity index (χ1v) is 11.7. The Balaban J connectivity index is 1.46. The quantitative estimate of drug-likeness (QED) is 0.344. The van der Waals surface area contributed by atoms with E-state index in [4.69, 9.17) is 4.98 Å². The summed E-state index contributed by atoms with van der Waals surface area (Å²) in [6.45, 7) is 6.24. The average Bonchev–Trinajstić information content (AvgIpc) is 3.41. The minimum absolute atomic E-state index is 0.114. The van der Waals surface area contributed by atoms with Crippen LogP contribution in [0.4, 0.5) is 5.13 Å². The maximum absolute atomic E-state index is 13.1. The van der Waals surface area contributed by atoms with Crippen LogP contribution < -0.4 is 5.32 Å². The maximum Gasteiger partial charge on any atom is 0.232 e. The SMILES string of the molecule is Cc1ccn2c(CC(=O)Nc3nc(-c4ccccc4)cs3)c(-c3ccc(C)c(C)c3)nc2c1. The topological polar surface area (TPSA) is 59.3 Å². The van der Waals surface area contributed by atoms with Gasteiger partial charge in [0.25, 0.3) is 0 Å². The van der Waals surface area contributed by atoms with Crippen LogP contribution in [0.1, 0.15) is 22.4 Å². The largest absolute Gasteiger partial charge is 0.303 e. The fraction of sp³-hybridized carbons (Fsp3) is 0.148. The maximum atomic E-state index is 13.1. The van der Waals surface area contributed by atoms with Gasteiger partial charge in [-0.25, -0.2) is 9.97 Å². The van der Waals surface area contributed by atoms with Gasteiger partial charge in [-0.3, -0.25) is 4.79 Å². The molecule has 1 N–H and O–H groups in total. The smallest absolute Gasteiger partial charge is 0.232 e. The van der Waals surface area contributed by atoms with Crippen LogP contribution >= 0.6 is 11.3 Å². The first kappa shape index (κ1) is 21.1. The Hall–Kier alpha value is -3.77. The van der Waals surface area contributed by atoms with Crippen molar-refractivity contribution in [2.24, 2.45) is 0 Å². The minimum atomic E-state index is -0.114. The number of nitrogens with zero attached hydrogens (tertiary/aromatic N) is 3. The number of aryl methyl sites for hydroxylation is 3. The third kappa shape index (κ3) is 4.30. The van der Waals surface area contributed by atoms with Crippen molar-refractivity contribution >= 4 is 28.0 Å². The van der Waals surface area contributed by atoms with Crippen LogP contribution in [0.15, 0.2) is 72.2 Å². The van der Waals surface area contributed by atoms with Gasteiger partial charge in [-0.15, -0.1) is 11.3 Å². The van der Waals surface area contributed by atoms with Crippen LogP contribution in [0.3, 0.4) is 0 Å². The molecule has 0 aliphatic heterocycles. The van der Waals surface area contributed by atoms with Crippen molar-refractivity contribution in [3.8, 4) is 22.5 Å². The summed E-state index contributed by atoms with van der Waals surface area (Å²) in [4.78, 5) is 22.5. The number of amides is 1. The van der Waals surface area contributed by atoms with Gasteiger partial charge in [-0.1, -0.05) is 42.5 Å². The van der Waals surface area contributed by atoms with E-state index in [1.807, 2.05) is 65.4 Å². The molecule has 0 aliphatic rings. The molecule has 0 radical (unpaired) electrons. The molecular weight excluding hydrogens is 428 g/mol. The molecule has 5 aromatic rings. The van der Waals surface area contributed by atoms with Crippen molar-refractivity contribution < 1.29 is 4.79 Å². The minimum Gasteiger partial charge on any atom is -0.303 e. The number of hydrogen-bond acceptors (Lipinski definition) is 4. The number of benzene rings is 2. The molecule has 0 fully saturated rings. The van der Waals surface area contributed by atoms with E-state index in [0.717, 1.165) is 39.4 Å². The van der Waals surface area contributed by atoms with Crippen molar-refractivity contribution in [2.75, 3.05) is 5.32 Å². The highest BCUT2D eigenvalue weighted by molar-refractivity contribution is 7.14. The monoisotopic (exact) mass is 452 g/mol. The normalized spacial score (nSPS) is 11.1. The van der Waals surface area contributed by atoms with Crippen molar-refractivity contribution in [2.45, 2.75) is 27.2 Å². The summed E-state index contributed by atoms with van der Waals surface area (Å²) < 4.78 is 2.01. The van der Waals surface area contributed by atoms with Crippen LogP contribution in [-0.4, -0.2) is 20.3 Å². The fourth-order valence-electron chi connectivity index (χ4n) is 3.87. The van der Waals surface area contributed by atoms with Gasteiger partial charge in [0.05, 0.1) is 23.5 Å². The van der Waals surface area contributed by atoms with Crippen molar-refractivity contribution in [3.63, 3.8) is 0 Å². The Morgan fingerprint density at radius 1 is 0.939 bits per heavy atom. The second-order valence-corrected chi connectivity index (χ2v) is 9.13. The third-order valence-electron chi connectivity index (χ3n) is 5.81. The Labute approximate surface area is 196 Å². The molecule has 0 saturated carbocycles. The number of nitrogens with one attached hydrogen (secondary N) is 1. The first-order valence-electron chi connectivity index (χ1n) is 10.8. The molecule has 33 heavy (non-hydrogen) atoms. The molecule has 1 amide bonds. The van der Waals surface area contributed by atoms with E-state index in [1.54, 1.807) is 0 Å². The molecule has 164 valence electrons. The van der Waals surface area contributed by atoms with E-state index in [1.165, 1.54) is 22.5 Å². The number of thiazole rings is 1. The van der Waals surface area contributed by atoms with Gasteiger partial charge in [0.1, 0.15) is 5.65 Å². The van der Waals surface area contributed by atoms with Crippen LogP contribution in [0.5, 0.6) is 0 Å². The fourth-order valence-corrected chi connectivity index (χ4v) is 4.61. The Morgan fingerprint density at radius 2 is 1.76 bits per heavy atom. The molecule has 0 saturated heterocycles. The lowest BCUT2D eigenvalue weighted by Gasteiger charge is -2.08. The lowest BCUT2D eigenvalue weighted by Crippen LogP contribution is -2.16. The Kier molecular flexibility index (Phi) is 5.52. The summed E-state index contributed by atoms with van der Waals surface area (Å²) in [5, 5.41) is 5.53. The predicted molar refractivity (Wildman–Crippen MR) is 135 cm³/mol. The Bertz CT molecular complexity index is 1470. The molecule has 5 rings (SSSR count). The van der Waals surface area contributed by atoms with Gasteiger partial charge < -0.3 is 9.72 Å². The number of anilines is 1. The molecule has 0 bridgehead atoms. The highest BCUT2D eigenvalue weighted by atomic mass is 32.1. The van der Waals surface area contributed by atoms with Gasteiger partial charge in [0.15, 0.2) is 5.13 Å². The third-order valence-corrected chi connectivity index (χ3v) is 6.57. The van der Waals surface area contributed by atoms with Crippen molar-refractivity contribution in [1.29, 1.82) is 0 Å². The number of fused-ring (bicyclic) bond motifs is 1. The highest BCUT2D eigenvalue weighted by Gasteiger charge is 2.18. The molecular formula is C27H24N4OS. The number of hydrogen-bond donors (Lipinski definition) is 1. The zero-order valence-corrected chi connectivity index (χ0v) is 19.6. The van der Waals surface area contributed by atoms with E-state index < -0.39 is 0 Å². The predicted octanol–water partition coefficient (Wildman–Crippen LogP) is 6.23. The lowest BCUT2D eigenvalue weighted by molar-refractivity contribution is -0.115. The van der Waals surface area contributed by atoms with Gasteiger partial charge in [-0.2, -0.15) is 0 Å². The van der Waals surface area contributed by atoms with Crippen LogP contribution in [0.2, 0.25) is 0 Å². The zero-order valence-electron chi connectivity index (χ0n) is 18.8. The standard InChI is InChI=1S/C27H24N4OS/c1-17-11-12-31-23(26(29-24(31)13-17)21-10-9-18(2)19(3)14-21)15-25(32)30-27-28-22(16-33-27)20-7-5-4-6-8-20/h4-14,16H,15H2,1-3H3,(H,28,30,32). The number of pyridine rings is 1. The lowest BCUT2D eigenvalue weighted by atomic mass is 10.0. The molecule has 0 atom stereocenters. The van der Waals surface area contributed by atoms with E-state index in [2.05, 4.69) is 42.3 Å². The second-order valence-electron chi connectivity index (χ2n) is 8.27. The van der Waals surface area contributed by atoms with E-state index in [0.29, 0.717) is 5.13 Å². The van der Waals surface area contributed by atoms with Gasteiger partial charge in [0, 0.05) is 22.7 Å². The van der Waals surface area contributed by atoms with Crippen LogP contribution in [0, 0.1) is 20.8 Å². The number of carbonyl (C=O) groups is 1. The summed E-state index contributed by atoms with van der Waals surface area (Å²) in [6, 6.07) is 20.3. The van der Waals surface area contributed by atoms with Gasteiger partial charge in [-0.05, 0) is 55.7 Å². The number of imidazole rings is 1. The Morgan fingerprint density at radius 3 is 2.55 bits per heavy atom. The van der Waals surface area contributed by atoms with E-state index >= 15 is 0 Å². The van der Waals surface area contributed by atoms with Crippen molar-refractivity contribution in [3.05, 3.63) is 94.6 Å². The average molecular weight is 453 g/mol. The first-order chi connectivity index (χ1) is 16.0. The number of rotatable bonds is 5. The van der Waals surface area contributed by atoms with Gasteiger partial charge >= 0.3 is 0 Å². The van der Waals surface area contributed by atoms with Crippen LogP contribution in [-0.2, 0) is 11.2 Å². The summed E-state index contributed by atoms with van der Waals surface area (Å²) in [5.74, 6) is -0.114. The van der Waals surface area contributed by atoms with Crippen molar-refractivity contribution in [1.82, 2.24) is 14.4 Å². The molecule has 3 aromatic heterocycles. The molecule has 0 spiro atoms. The number of aromatic nitrogens is 3.